The van der Waals surface area contributed by atoms with Crippen molar-refractivity contribution in [3.05, 3.63) is 28.2 Å². The minimum atomic E-state index is 0.703. The van der Waals surface area contributed by atoms with E-state index in [9.17, 15) is 0 Å². The van der Waals surface area contributed by atoms with Crippen LogP contribution >= 0.6 is 15.9 Å². The molecule has 3 heteroatoms. The molecule has 1 rings (SSSR count). The van der Waals surface area contributed by atoms with Crippen LogP contribution in [0.1, 0.15) is 32.3 Å². The number of hydrogen-bond donors (Lipinski definition) is 1. The number of benzene rings is 1. The van der Waals surface area contributed by atoms with Gasteiger partial charge in [0, 0.05) is 0 Å². The SMILES string of the molecule is CCCNCCC(C)Cc1ccc(OC)c(Br)c1. The highest BCUT2D eigenvalue weighted by atomic mass is 79.9. The summed E-state index contributed by atoms with van der Waals surface area (Å²) in [6, 6.07) is 6.34. The smallest absolute Gasteiger partial charge is 0.133 e. The van der Waals surface area contributed by atoms with Crippen LogP contribution in [0.2, 0.25) is 0 Å². The van der Waals surface area contributed by atoms with Gasteiger partial charge in [-0.3, -0.25) is 0 Å². The monoisotopic (exact) mass is 313 g/mol. The molecule has 18 heavy (non-hydrogen) atoms. The zero-order valence-electron chi connectivity index (χ0n) is 11.6. The lowest BCUT2D eigenvalue weighted by atomic mass is 9.98. The first-order valence-electron chi connectivity index (χ1n) is 6.70. The maximum atomic E-state index is 5.24. The van der Waals surface area contributed by atoms with Crippen LogP contribution in [0.25, 0.3) is 0 Å². The minimum Gasteiger partial charge on any atom is -0.496 e. The van der Waals surface area contributed by atoms with Crippen LogP contribution in [-0.4, -0.2) is 20.2 Å². The summed E-state index contributed by atoms with van der Waals surface area (Å²) in [6.45, 7) is 6.75. The van der Waals surface area contributed by atoms with Crippen molar-refractivity contribution in [2.75, 3.05) is 20.2 Å². The maximum Gasteiger partial charge on any atom is 0.133 e. The Balaban J connectivity index is 2.39. The van der Waals surface area contributed by atoms with Crippen molar-refractivity contribution in [1.82, 2.24) is 5.32 Å². The molecule has 1 atom stereocenters. The van der Waals surface area contributed by atoms with E-state index in [1.54, 1.807) is 7.11 Å². The number of ether oxygens (including phenoxy) is 1. The van der Waals surface area contributed by atoms with Gasteiger partial charge in [0.15, 0.2) is 0 Å². The topological polar surface area (TPSA) is 21.3 Å². The Bertz CT molecular complexity index is 354. The quantitative estimate of drug-likeness (QED) is 0.732. The van der Waals surface area contributed by atoms with Gasteiger partial charge in [-0.25, -0.2) is 0 Å². The highest BCUT2D eigenvalue weighted by Crippen LogP contribution is 2.26. The van der Waals surface area contributed by atoms with Gasteiger partial charge in [0.25, 0.3) is 0 Å². The van der Waals surface area contributed by atoms with Gasteiger partial charge in [0.1, 0.15) is 5.75 Å². The normalized spacial score (nSPS) is 12.4. The third-order valence-electron chi connectivity index (χ3n) is 3.04. The Morgan fingerprint density at radius 2 is 2.11 bits per heavy atom. The van der Waals surface area contributed by atoms with Crippen LogP contribution in [0.5, 0.6) is 5.75 Å². The lowest BCUT2D eigenvalue weighted by Gasteiger charge is -2.13. The summed E-state index contributed by atoms with van der Waals surface area (Å²) < 4.78 is 6.28. The van der Waals surface area contributed by atoms with E-state index >= 15 is 0 Å². The first-order valence-corrected chi connectivity index (χ1v) is 7.49. The van der Waals surface area contributed by atoms with Gasteiger partial charge in [-0.15, -0.1) is 0 Å². The summed E-state index contributed by atoms with van der Waals surface area (Å²) in [7, 11) is 1.70. The summed E-state index contributed by atoms with van der Waals surface area (Å²) in [5.74, 6) is 1.60. The third-order valence-corrected chi connectivity index (χ3v) is 3.66. The van der Waals surface area contributed by atoms with E-state index < -0.39 is 0 Å². The Labute approximate surface area is 119 Å². The second-order valence-electron chi connectivity index (χ2n) is 4.82. The Morgan fingerprint density at radius 1 is 1.33 bits per heavy atom. The fraction of sp³-hybridized carbons (Fsp3) is 0.600. The van der Waals surface area contributed by atoms with Crippen LogP contribution in [0.15, 0.2) is 22.7 Å². The van der Waals surface area contributed by atoms with Crippen LogP contribution < -0.4 is 10.1 Å². The van der Waals surface area contributed by atoms with Gasteiger partial charge in [-0.1, -0.05) is 19.9 Å². The molecule has 0 spiro atoms. The lowest BCUT2D eigenvalue weighted by Crippen LogP contribution is -2.18. The molecule has 0 saturated heterocycles. The molecule has 1 N–H and O–H groups in total. The first-order chi connectivity index (χ1) is 8.67. The summed E-state index contributed by atoms with van der Waals surface area (Å²) in [5.41, 5.74) is 1.37. The van der Waals surface area contributed by atoms with E-state index in [0.29, 0.717) is 5.92 Å². The van der Waals surface area contributed by atoms with Gasteiger partial charge < -0.3 is 10.1 Å². The second-order valence-corrected chi connectivity index (χ2v) is 5.67. The van der Waals surface area contributed by atoms with E-state index in [1.165, 1.54) is 18.4 Å². The number of methoxy groups -OCH3 is 1. The van der Waals surface area contributed by atoms with Crippen molar-refractivity contribution < 1.29 is 4.74 Å². The fourth-order valence-electron chi connectivity index (χ4n) is 1.99. The minimum absolute atomic E-state index is 0.703. The van der Waals surface area contributed by atoms with Crippen molar-refractivity contribution in [2.24, 2.45) is 5.92 Å². The summed E-state index contributed by atoms with van der Waals surface area (Å²) in [4.78, 5) is 0. The Kier molecular flexibility index (Phi) is 7.36. The standard InChI is InChI=1S/C15H24BrNO/c1-4-8-17-9-7-12(2)10-13-5-6-15(18-3)14(16)11-13/h5-6,11-12,17H,4,7-10H2,1-3H3. The van der Waals surface area contributed by atoms with Crippen molar-refractivity contribution in [1.29, 1.82) is 0 Å². The van der Waals surface area contributed by atoms with Gasteiger partial charge in [0.2, 0.25) is 0 Å². The predicted octanol–water partition coefficient (Wildman–Crippen LogP) is 4.03. The molecule has 0 saturated carbocycles. The molecule has 1 aromatic rings. The van der Waals surface area contributed by atoms with E-state index in [0.717, 1.165) is 29.7 Å². The molecule has 0 fully saturated rings. The molecular weight excluding hydrogens is 290 g/mol. The van der Waals surface area contributed by atoms with Gasteiger partial charge in [-0.2, -0.15) is 0 Å². The third kappa shape index (κ3) is 5.40. The highest BCUT2D eigenvalue weighted by molar-refractivity contribution is 9.10. The molecule has 0 aliphatic heterocycles. The molecular formula is C15H24BrNO. The molecule has 0 amide bonds. The summed E-state index contributed by atoms with van der Waals surface area (Å²) in [6.07, 6.45) is 3.56. The fourth-order valence-corrected chi connectivity index (χ4v) is 2.58. The number of nitrogens with one attached hydrogen (secondary N) is 1. The van der Waals surface area contributed by atoms with E-state index in [2.05, 4.69) is 47.2 Å². The van der Waals surface area contributed by atoms with Crippen LogP contribution in [0.3, 0.4) is 0 Å². The van der Waals surface area contributed by atoms with Crippen molar-refractivity contribution in [3.63, 3.8) is 0 Å². The number of rotatable bonds is 8. The van der Waals surface area contributed by atoms with Gasteiger partial charge in [0.05, 0.1) is 11.6 Å². The maximum absolute atomic E-state index is 5.24. The van der Waals surface area contributed by atoms with Crippen LogP contribution in [0.4, 0.5) is 0 Å². The van der Waals surface area contributed by atoms with Crippen molar-refractivity contribution in [3.8, 4) is 5.75 Å². The Morgan fingerprint density at radius 3 is 2.72 bits per heavy atom. The Hall–Kier alpha value is -0.540. The molecule has 102 valence electrons. The zero-order valence-corrected chi connectivity index (χ0v) is 13.2. The molecule has 0 aliphatic carbocycles. The predicted molar refractivity (Wildman–Crippen MR) is 81.3 cm³/mol. The van der Waals surface area contributed by atoms with Crippen LogP contribution in [-0.2, 0) is 6.42 Å². The molecule has 0 bridgehead atoms. The first kappa shape index (κ1) is 15.5. The molecule has 1 aromatic carbocycles. The summed E-state index contributed by atoms with van der Waals surface area (Å²) >= 11 is 3.53. The molecule has 2 nitrogen and oxygen atoms in total. The van der Waals surface area contributed by atoms with E-state index in [4.69, 9.17) is 4.74 Å². The second kappa shape index (κ2) is 8.54. The van der Waals surface area contributed by atoms with Gasteiger partial charge >= 0.3 is 0 Å². The number of halogens is 1. The molecule has 1 unspecified atom stereocenters. The number of hydrogen-bond acceptors (Lipinski definition) is 2. The largest absolute Gasteiger partial charge is 0.496 e. The van der Waals surface area contributed by atoms with E-state index in [1.807, 2.05) is 6.07 Å². The average molecular weight is 314 g/mol. The van der Waals surface area contributed by atoms with Crippen molar-refractivity contribution >= 4 is 15.9 Å². The van der Waals surface area contributed by atoms with Crippen LogP contribution in [0, 0.1) is 5.92 Å². The highest BCUT2D eigenvalue weighted by Gasteiger charge is 2.06. The molecule has 0 radical (unpaired) electrons. The molecule has 0 aliphatic rings. The van der Waals surface area contributed by atoms with E-state index in [-0.39, 0.29) is 0 Å². The lowest BCUT2D eigenvalue weighted by molar-refractivity contribution is 0.411. The molecule has 0 aromatic heterocycles. The zero-order chi connectivity index (χ0) is 13.4. The average Bonchev–Trinajstić information content (AvgIpc) is 2.35. The van der Waals surface area contributed by atoms with Gasteiger partial charge in [-0.05, 0) is 71.9 Å². The molecule has 0 heterocycles. The van der Waals surface area contributed by atoms with Crippen molar-refractivity contribution in [2.45, 2.75) is 33.1 Å². The summed E-state index contributed by atoms with van der Waals surface area (Å²) in [5, 5.41) is 3.45.